The SMILES string of the molecule is C=CCN(Cc1ccc(C#N)cc1)C(=O)c1ccnc(OCc2ccccc2)c1. The monoisotopic (exact) mass is 383 g/mol. The second kappa shape index (κ2) is 9.86. The maximum Gasteiger partial charge on any atom is 0.254 e. The smallest absolute Gasteiger partial charge is 0.254 e. The van der Waals surface area contributed by atoms with Crippen molar-refractivity contribution >= 4 is 5.91 Å². The van der Waals surface area contributed by atoms with Crippen LogP contribution in [0, 0.1) is 11.3 Å². The molecule has 3 aromatic rings. The van der Waals surface area contributed by atoms with Gasteiger partial charge in [-0.1, -0.05) is 48.5 Å². The zero-order chi connectivity index (χ0) is 20.5. The first kappa shape index (κ1) is 19.8. The van der Waals surface area contributed by atoms with E-state index in [0.29, 0.717) is 36.7 Å². The Bertz CT molecular complexity index is 1010. The number of benzene rings is 2. The molecule has 0 spiro atoms. The minimum Gasteiger partial charge on any atom is -0.473 e. The average Bonchev–Trinajstić information content (AvgIpc) is 2.78. The lowest BCUT2D eigenvalue weighted by Gasteiger charge is -2.21. The van der Waals surface area contributed by atoms with Crippen molar-refractivity contribution in [2.75, 3.05) is 6.54 Å². The van der Waals surface area contributed by atoms with Gasteiger partial charge >= 0.3 is 0 Å². The van der Waals surface area contributed by atoms with Crippen LogP contribution in [0.5, 0.6) is 5.88 Å². The first-order valence-electron chi connectivity index (χ1n) is 9.21. The molecule has 5 heteroatoms. The van der Waals surface area contributed by atoms with Crippen LogP contribution in [0.15, 0.2) is 85.6 Å². The molecule has 0 aliphatic heterocycles. The Labute approximate surface area is 170 Å². The van der Waals surface area contributed by atoms with Crippen LogP contribution in [0.25, 0.3) is 0 Å². The van der Waals surface area contributed by atoms with Crippen molar-refractivity contribution in [2.45, 2.75) is 13.2 Å². The maximum atomic E-state index is 13.0. The molecule has 0 unspecified atom stereocenters. The van der Waals surface area contributed by atoms with Gasteiger partial charge in [-0.25, -0.2) is 4.98 Å². The summed E-state index contributed by atoms with van der Waals surface area (Å²) in [5.74, 6) is 0.262. The Morgan fingerprint density at radius 1 is 1.10 bits per heavy atom. The zero-order valence-corrected chi connectivity index (χ0v) is 16.0. The minimum atomic E-state index is -0.138. The molecule has 29 heavy (non-hydrogen) atoms. The van der Waals surface area contributed by atoms with E-state index in [9.17, 15) is 4.79 Å². The molecular formula is C24H21N3O2. The van der Waals surface area contributed by atoms with E-state index in [-0.39, 0.29) is 5.91 Å². The van der Waals surface area contributed by atoms with E-state index in [4.69, 9.17) is 10.00 Å². The Morgan fingerprint density at radius 3 is 2.55 bits per heavy atom. The van der Waals surface area contributed by atoms with Crippen LogP contribution in [-0.4, -0.2) is 22.3 Å². The molecule has 0 saturated heterocycles. The predicted molar refractivity (Wildman–Crippen MR) is 111 cm³/mol. The molecule has 0 radical (unpaired) electrons. The first-order valence-corrected chi connectivity index (χ1v) is 9.21. The van der Waals surface area contributed by atoms with Crippen LogP contribution >= 0.6 is 0 Å². The van der Waals surface area contributed by atoms with Crippen LogP contribution < -0.4 is 4.74 Å². The summed E-state index contributed by atoms with van der Waals surface area (Å²) in [5, 5.41) is 8.93. The van der Waals surface area contributed by atoms with Crippen LogP contribution in [0.4, 0.5) is 0 Å². The lowest BCUT2D eigenvalue weighted by molar-refractivity contribution is 0.0762. The van der Waals surface area contributed by atoms with Gasteiger partial charge in [-0.3, -0.25) is 4.79 Å². The first-order chi connectivity index (χ1) is 14.2. The molecule has 3 rings (SSSR count). The summed E-state index contributed by atoms with van der Waals surface area (Å²) >= 11 is 0. The van der Waals surface area contributed by atoms with Crippen molar-refractivity contribution in [2.24, 2.45) is 0 Å². The van der Waals surface area contributed by atoms with Gasteiger partial charge in [0.1, 0.15) is 6.61 Å². The minimum absolute atomic E-state index is 0.138. The van der Waals surface area contributed by atoms with Gasteiger partial charge in [-0.2, -0.15) is 5.26 Å². The van der Waals surface area contributed by atoms with Gasteiger partial charge in [-0.05, 0) is 29.3 Å². The van der Waals surface area contributed by atoms with Crippen molar-refractivity contribution in [3.05, 3.63) is 108 Å². The Balaban J connectivity index is 1.71. The third-order valence-corrected chi connectivity index (χ3v) is 4.30. The van der Waals surface area contributed by atoms with E-state index < -0.39 is 0 Å². The molecule has 1 heterocycles. The van der Waals surface area contributed by atoms with Crippen molar-refractivity contribution < 1.29 is 9.53 Å². The summed E-state index contributed by atoms with van der Waals surface area (Å²) in [6.07, 6.45) is 3.26. The van der Waals surface area contributed by atoms with Crippen molar-refractivity contribution in [1.29, 1.82) is 5.26 Å². The molecule has 5 nitrogen and oxygen atoms in total. The molecule has 1 amide bonds. The predicted octanol–water partition coefficient (Wildman–Crippen LogP) is 4.36. The molecule has 1 aromatic heterocycles. The van der Waals surface area contributed by atoms with Crippen LogP contribution in [0.1, 0.15) is 27.0 Å². The molecular weight excluding hydrogens is 362 g/mol. The van der Waals surface area contributed by atoms with E-state index in [1.807, 2.05) is 42.5 Å². The quantitative estimate of drug-likeness (QED) is 0.542. The summed E-state index contributed by atoms with van der Waals surface area (Å²) in [6, 6.07) is 22.4. The summed E-state index contributed by atoms with van der Waals surface area (Å²) < 4.78 is 5.73. The topological polar surface area (TPSA) is 66.2 Å². The standard InChI is InChI=1S/C24H21N3O2/c1-2-14-27(17-20-10-8-19(16-25)9-11-20)24(28)22-12-13-26-23(15-22)29-18-21-6-4-3-5-7-21/h2-13,15H,1,14,17-18H2. The largest absolute Gasteiger partial charge is 0.473 e. The number of carbonyl (C=O) groups excluding carboxylic acids is 1. The number of hydrogen-bond donors (Lipinski definition) is 0. The second-order valence-electron chi connectivity index (χ2n) is 6.44. The second-order valence-corrected chi connectivity index (χ2v) is 6.44. The molecule has 144 valence electrons. The van der Waals surface area contributed by atoms with E-state index in [0.717, 1.165) is 11.1 Å². The zero-order valence-electron chi connectivity index (χ0n) is 16.0. The number of ether oxygens (including phenoxy) is 1. The van der Waals surface area contributed by atoms with Gasteiger partial charge in [0.25, 0.3) is 5.91 Å². The van der Waals surface area contributed by atoms with Crippen LogP contribution in [0.3, 0.4) is 0 Å². The number of nitriles is 1. The molecule has 2 aromatic carbocycles. The normalized spacial score (nSPS) is 10.0. The molecule has 0 atom stereocenters. The Kier molecular flexibility index (Phi) is 6.75. The van der Waals surface area contributed by atoms with Crippen LogP contribution in [0.2, 0.25) is 0 Å². The van der Waals surface area contributed by atoms with Gasteiger partial charge in [-0.15, -0.1) is 6.58 Å². The molecule has 0 aliphatic rings. The van der Waals surface area contributed by atoms with Gasteiger partial charge < -0.3 is 9.64 Å². The fraction of sp³-hybridized carbons (Fsp3) is 0.125. The number of nitrogens with zero attached hydrogens (tertiary/aromatic N) is 3. The number of rotatable bonds is 8. The Hall–Kier alpha value is -3.91. The molecule has 0 saturated carbocycles. The average molecular weight is 383 g/mol. The third-order valence-electron chi connectivity index (χ3n) is 4.30. The third kappa shape index (κ3) is 5.53. The van der Waals surface area contributed by atoms with E-state index in [1.165, 1.54) is 0 Å². The van der Waals surface area contributed by atoms with Gasteiger partial charge in [0.15, 0.2) is 0 Å². The molecule has 0 fully saturated rings. The number of aromatic nitrogens is 1. The highest BCUT2D eigenvalue weighted by Crippen LogP contribution is 2.16. The molecule has 0 bridgehead atoms. The lowest BCUT2D eigenvalue weighted by Crippen LogP contribution is -2.30. The highest BCUT2D eigenvalue weighted by atomic mass is 16.5. The molecule has 0 N–H and O–H groups in total. The highest BCUT2D eigenvalue weighted by Gasteiger charge is 2.16. The van der Waals surface area contributed by atoms with Crippen molar-refractivity contribution in [3.63, 3.8) is 0 Å². The summed E-state index contributed by atoms with van der Waals surface area (Å²) in [7, 11) is 0. The van der Waals surface area contributed by atoms with Gasteiger partial charge in [0.2, 0.25) is 5.88 Å². The Morgan fingerprint density at radius 2 is 1.86 bits per heavy atom. The fourth-order valence-corrected chi connectivity index (χ4v) is 2.82. The van der Waals surface area contributed by atoms with Crippen molar-refractivity contribution in [1.82, 2.24) is 9.88 Å². The van der Waals surface area contributed by atoms with E-state index in [1.54, 1.807) is 41.4 Å². The number of amides is 1. The summed E-state index contributed by atoms with van der Waals surface area (Å²) in [6.45, 7) is 4.95. The fourth-order valence-electron chi connectivity index (χ4n) is 2.82. The number of carbonyl (C=O) groups is 1. The molecule has 0 aliphatic carbocycles. The van der Waals surface area contributed by atoms with Gasteiger partial charge in [0.05, 0.1) is 11.6 Å². The summed E-state index contributed by atoms with van der Waals surface area (Å²) in [5.41, 5.74) is 3.05. The highest BCUT2D eigenvalue weighted by molar-refractivity contribution is 5.94. The van der Waals surface area contributed by atoms with E-state index >= 15 is 0 Å². The van der Waals surface area contributed by atoms with Crippen LogP contribution in [-0.2, 0) is 13.2 Å². The lowest BCUT2D eigenvalue weighted by atomic mass is 10.1. The summed E-state index contributed by atoms with van der Waals surface area (Å²) in [4.78, 5) is 18.9. The maximum absolute atomic E-state index is 13.0. The number of pyridine rings is 1. The number of hydrogen-bond acceptors (Lipinski definition) is 4. The van der Waals surface area contributed by atoms with Gasteiger partial charge in [0, 0.05) is 30.9 Å². The van der Waals surface area contributed by atoms with Crippen molar-refractivity contribution in [3.8, 4) is 11.9 Å². The van der Waals surface area contributed by atoms with E-state index in [2.05, 4.69) is 17.6 Å².